The van der Waals surface area contributed by atoms with Gasteiger partial charge in [0.15, 0.2) is 5.75 Å². The Kier molecular flexibility index (Phi) is 6.09. The van der Waals surface area contributed by atoms with E-state index in [0.717, 1.165) is 9.86 Å². The average molecular weight is 434 g/mol. The van der Waals surface area contributed by atoms with Crippen LogP contribution in [0.3, 0.4) is 0 Å². The molecule has 0 aliphatic carbocycles. The summed E-state index contributed by atoms with van der Waals surface area (Å²) < 4.78 is 11.6. The third-order valence-electron chi connectivity index (χ3n) is 3.68. The topological polar surface area (TPSA) is 112 Å². The number of nitrogens with one attached hydrogen (secondary N) is 1. The fraction of sp³-hybridized carbons (Fsp3) is 0.235. The summed E-state index contributed by atoms with van der Waals surface area (Å²) in [7, 11) is 1.59. The molecule has 1 N–H and O–H groups in total. The lowest BCUT2D eigenvalue weighted by Crippen LogP contribution is -2.09. The lowest BCUT2D eigenvalue weighted by atomic mass is 10.2. The van der Waals surface area contributed by atoms with E-state index in [2.05, 4.69) is 36.2 Å². The highest BCUT2D eigenvalue weighted by molar-refractivity contribution is 9.10. The highest BCUT2D eigenvalue weighted by atomic mass is 79.9. The van der Waals surface area contributed by atoms with Crippen LogP contribution in [0.2, 0.25) is 0 Å². The molecule has 0 fully saturated rings. The van der Waals surface area contributed by atoms with Crippen molar-refractivity contribution in [3.05, 3.63) is 51.4 Å². The predicted molar refractivity (Wildman–Crippen MR) is 103 cm³/mol. The van der Waals surface area contributed by atoms with Gasteiger partial charge in [-0.2, -0.15) is 4.98 Å². The van der Waals surface area contributed by atoms with Crippen molar-refractivity contribution in [2.24, 2.45) is 0 Å². The van der Waals surface area contributed by atoms with Crippen molar-refractivity contribution in [2.45, 2.75) is 6.42 Å². The van der Waals surface area contributed by atoms with Crippen molar-refractivity contribution in [2.75, 3.05) is 25.6 Å². The number of rotatable bonds is 8. The molecule has 0 unspecified atom stereocenters. The van der Waals surface area contributed by atoms with Gasteiger partial charge < -0.3 is 14.8 Å². The van der Waals surface area contributed by atoms with Crippen molar-refractivity contribution < 1.29 is 14.4 Å². The maximum Gasteiger partial charge on any atom is 0.373 e. The first-order chi connectivity index (χ1) is 13.1. The van der Waals surface area contributed by atoms with Gasteiger partial charge >= 0.3 is 11.6 Å². The average Bonchev–Trinajstić information content (AvgIpc) is 2.67. The van der Waals surface area contributed by atoms with E-state index < -0.39 is 4.92 Å². The molecule has 2 aromatic heterocycles. The smallest absolute Gasteiger partial charge is 0.373 e. The molecule has 0 spiro atoms. The van der Waals surface area contributed by atoms with Gasteiger partial charge in [-0.3, -0.25) is 15.1 Å². The molecule has 2 heterocycles. The van der Waals surface area contributed by atoms with Crippen LogP contribution in [0.15, 0.2) is 41.3 Å². The summed E-state index contributed by atoms with van der Waals surface area (Å²) in [5.41, 5.74) is 0.233. The molecule has 0 radical (unpaired) electrons. The molecule has 0 aliphatic rings. The Morgan fingerprint density at radius 2 is 2.11 bits per heavy atom. The van der Waals surface area contributed by atoms with Gasteiger partial charge in [0.05, 0.1) is 4.92 Å². The van der Waals surface area contributed by atoms with E-state index in [1.165, 1.54) is 6.33 Å². The van der Waals surface area contributed by atoms with Crippen LogP contribution in [0.1, 0.15) is 6.42 Å². The maximum absolute atomic E-state index is 11.6. The summed E-state index contributed by atoms with van der Waals surface area (Å²) in [5.74, 6) is 0.301. The number of pyridine rings is 1. The summed E-state index contributed by atoms with van der Waals surface area (Å²) in [6.45, 7) is 1.000. The molecule has 140 valence electrons. The molecule has 9 nitrogen and oxygen atoms in total. The quantitative estimate of drug-likeness (QED) is 0.322. The molecule has 0 saturated heterocycles. The molecule has 0 saturated carbocycles. The van der Waals surface area contributed by atoms with Crippen molar-refractivity contribution >= 4 is 38.3 Å². The predicted octanol–water partition coefficient (Wildman–Crippen LogP) is 3.94. The van der Waals surface area contributed by atoms with Crippen molar-refractivity contribution in [1.29, 1.82) is 0 Å². The van der Waals surface area contributed by atoms with E-state index in [1.54, 1.807) is 31.5 Å². The van der Waals surface area contributed by atoms with E-state index in [-0.39, 0.29) is 17.4 Å². The summed E-state index contributed by atoms with van der Waals surface area (Å²) in [5, 5.41) is 15.3. The number of hydrogen-bond donors (Lipinski definition) is 1. The fourth-order valence-corrected chi connectivity index (χ4v) is 2.91. The van der Waals surface area contributed by atoms with E-state index in [4.69, 9.17) is 9.47 Å². The first-order valence-corrected chi connectivity index (χ1v) is 8.84. The molecule has 3 aromatic rings. The number of halogens is 1. The number of aromatic nitrogens is 3. The number of nitro groups is 1. The molecule has 1 aromatic carbocycles. The highest BCUT2D eigenvalue weighted by Gasteiger charge is 2.25. The van der Waals surface area contributed by atoms with Crippen molar-refractivity contribution in [1.82, 2.24) is 15.0 Å². The summed E-state index contributed by atoms with van der Waals surface area (Å²) >= 11 is 3.46. The van der Waals surface area contributed by atoms with Gasteiger partial charge in [0, 0.05) is 36.3 Å². The second-order valence-electron chi connectivity index (χ2n) is 5.45. The number of hydrogen-bond acceptors (Lipinski definition) is 8. The van der Waals surface area contributed by atoms with Crippen molar-refractivity contribution in [3.63, 3.8) is 0 Å². The Bertz CT molecular complexity index is 969. The van der Waals surface area contributed by atoms with Crippen LogP contribution in [0, 0.1) is 10.1 Å². The molecule has 0 atom stereocenters. The van der Waals surface area contributed by atoms with Crippen LogP contribution in [0.4, 0.5) is 11.5 Å². The minimum Gasteiger partial charge on any atom is -0.431 e. The van der Waals surface area contributed by atoms with Gasteiger partial charge in [-0.25, -0.2) is 4.98 Å². The third kappa shape index (κ3) is 4.29. The number of ether oxygens (including phenoxy) is 2. The Balaban J connectivity index is 1.95. The number of methoxy groups -OCH3 is 1. The summed E-state index contributed by atoms with van der Waals surface area (Å²) in [4.78, 5) is 23.3. The van der Waals surface area contributed by atoms with Crippen LogP contribution in [-0.4, -0.2) is 40.1 Å². The second kappa shape index (κ2) is 8.69. The minimum atomic E-state index is -0.567. The Hall–Kier alpha value is -2.85. The summed E-state index contributed by atoms with van der Waals surface area (Å²) in [6.07, 6.45) is 3.52. The van der Waals surface area contributed by atoms with Gasteiger partial charge in [-0.1, -0.05) is 22.0 Å². The molecule has 0 amide bonds. The maximum atomic E-state index is 11.6. The van der Waals surface area contributed by atoms with E-state index in [1.807, 2.05) is 6.07 Å². The Labute approximate surface area is 163 Å². The lowest BCUT2D eigenvalue weighted by molar-refractivity contribution is -0.385. The number of anilines is 1. The molecular formula is C17H16BrN5O4. The van der Waals surface area contributed by atoms with Gasteiger partial charge in [0.2, 0.25) is 5.82 Å². The molecule has 0 bridgehead atoms. The largest absolute Gasteiger partial charge is 0.431 e. The summed E-state index contributed by atoms with van der Waals surface area (Å²) in [6, 6.07) is 7.13. The Morgan fingerprint density at radius 3 is 2.89 bits per heavy atom. The van der Waals surface area contributed by atoms with E-state index >= 15 is 0 Å². The zero-order valence-electron chi connectivity index (χ0n) is 14.4. The number of benzene rings is 1. The van der Waals surface area contributed by atoms with Crippen LogP contribution in [0.25, 0.3) is 10.9 Å². The van der Waals surface area contributed by atoms with Gasteiger partial charge in [0.25, 0.3) is 0 Å². The van der Waals surface area contributed by atoms with E-state index in [9.17, 15) is 10.1 Å². The van der Waals surface area contributed by atoms with Crippen LogP contribution in [0.5, 0.6) is 11.6 Å². The molecule has 10 heteroatoms. The molecular weight excluding hydrogens is 418 g/mol. The standard InChI is InChI=1S/C17H16BrN5O4/c1-26-9-3-8-20-16-15(23(24)25)17(22-10-21-16)27-13-6-5-12(18)11-4-2-7-19-14(11)13/h2,4-7,10H,3,8-9H2,1H3,(H,20,21,22). The zero-order valence-corrected chi connectivity index (χ0v) is 16.0. The van der Waals surface area contributed by atoms with Crippen LogP contribution in [-0.2, 0) is 4.74 Å². The molecule has 27 heavy (non-hydrogen) atoms. The lowest BCUT2D eigenvalue weighted by Gasteiger charge is -2.11. The highest BCUT2D eigenvalue weighted by Crippen LogP contribution is 2.37. The monoisotopic (exact) mass is 433 g/mol. The second-order valence-corrected chi connectivity index (χ2v) is 6.31. The Morgan fingerprint density at radius 1 is 1.26 bits per heavy atom. The van der Waals surface area contributed by atoms with Gasteiger partial charge in [-0.15, -0.1) is 0 Å². The zero-order chi connectivity index (χ0) is 19.2. The third-order valence-corrected chi connectivity index (χ3v) is 4.37. The number of nitrogens with zero attached hydrogens (tertiary/aromatic N) is 4. The SMILES string of the molecule is COCCCNc1ncnc(Oc2ccc(Br)c3cccnc23)c1[N+](=O)[O-]. The van der Waals surface area contributed by atoms with Gasteiger partial charge in [0.1, 0.15) is 11.8 Å². The first kappa shape index (κ1) is 18.9. The van der Waals surface area contributed by atoms with Gasteiger partial charge in [-0.05, 0) is 24.6 Å². The normalized spacial score (nSPS) is 10.7. The van der Waals surface area contributed by atoms with Crippen LogP contribution < -0.4 is 10.1 Å². The van der Waals surface area contributed by atoms with E-state index in [0.29, 0.717) is 30.8 Å². The first-order valence-electron chi connectivity index (χ1n) is 8.05. The van der Waals surface area contributed by atoms with Crippen LogP contribution >= 0.6 is 15.9 Å². The number of fused-ring (bicyclic) bond motifs is 1. The molecule has 0 aliphatic heterocycles. The fourth-order valence-electron chi connectivity index (χ4n) is 2.45. The minimum absolute atomic E-state index is 0.0930. The van der Waals surface area contributed by atoms with Crippen molar-refractivity contribution in [3.8, 4) is 11.6 Å². The molecule has 3 rings (SSSR count).